The largest absolute Gasteiger partial charge is 0.309 e. The van der Waals surface area contributed by atoms with E-state index in [4.69, 9.17) is 17.4 Å². The van der Waals surface area contributed by atoms with E-state index in [1.54, 1.807) is 7.05 Å². The van der Waals surface area contributed by atoms with Gasteiger partial charge in [0.15, 0.2) is 0 Å². The highest BCUT2D eigenvalue weighted by atomic mass is 35.5. The van der Waals surface area contributed by atoms with Crippen molar-refractivity contribution in [1.82, 2.24) is 5.43 Å². The number of nitrogens with one attached hydrogen (secondary N) is 1. The Labute approximate surface area is 64.5 Å². The van der Waals surface area contributed by atoms with E-state index in [1.165, 1.54) is 6.08 Å². The van der Waals surface area contributed by atoms with Crippen LogP contribution >= 0.6 is 11.6 Å². The molecule has 0 saturated heterocycles. The van der Waals surface area contributed by atoms with Crippen LogP contribution in [-0.2, 0) is 0 Å². The normalized spacial score (nSPS) is 13.1. The summed E-state index contributed by atoms with van der Waals surface area (Å²) >= 11 is 5.47. The number of hydrogen-bond acceptors (Lipinski definition) is 3. The van der Waals surface area contributed by atoms with Crippen LogP contribution in [0.4, 0.5) is 0 Å². The van der Waals surface area contributed by atoms with Gasteiger partial charge in [0.2, 0.25) is 0 Å². The van der Waals surface area contributed by atoms with Crippen molar-refractivity contribution in [3.8, 4) is 0 Å². The van der Waals surface area contributed by atoms with Crippen LogP contribution in [0.3, 0.4) is 0 Å². The molecule has 0 aliphatic rings. The lowest BCUT2D eigenvalue weighted by molar-refractivity contribution is 1.02. The Kier molecular flexibility index (Phi) is 4.53. The third-order valence-electron chi connectivity index (χ3n) is 0.796. The number of nitrogens with two attached hydrogens (primary N) is 1. The van der Waals surface area contributed by atoms with Gasteiger partial charge in [-0.25, -0.2) is 5.84 Å². The van der Waals surface area contributed by atoms with E-state index < -0.39 is 0 Å². The van der Waals surface area contributed by atoms with Gasteiger partial charge in [0.1, 0.15) is 11.0 Å². The maximum Gasteiger partial charge on any atom is 0.137 e. The van der Waals surface area contributed by atoms with Gasteiger partial charge in [-0.2, -0.15) is 0 Å². The Bertz CT molecular complexity index is 172. The zero-order valence-corrected chi connectivity index (χ0v) is 6.39. The highest BCUT2D eigenvalue weighted by Crippen LogP contribution is 1.99. The average molecular weight is 161 g/mol. The van der Waals surface area contributed by atoms with Gasteiger partial charge in [0.25, 0.3) is 0 Å². The standard InChI is InChI=1S/C5H9ClN4/c1-8-4(6)3-5(9-2)10-7/h3H,1,7H2,2H3,(H,9,10)/b4-3-. The van der Waals surface area contributed by atoms with E-state index >= 15 is 0 Å². The van der Waals surface area contributed by atoms with Gasteiger partial charge in [-0.15, -0.1) is 0 Å². The van der Waals surface area contributed by atoms with Crippen molar-refractivity contribution in [2.24, 2.45) is 15.8 Å². The van der Waals surface area contributed by atoms with Crippen molar-refractivity contribution in [2.45, 2.75) is 0 Å². The smallest absolute Gasteiger partial charge is 0.137 e. The number of hydrogen-bond donors (Lipinski definition) is 2. The Balaban J connectivity index is 4.22. The molecular weight excluding hydrogens is 152 g/mol. The molecule has 5 heteroatoms. The number of rotatable bonds is 2. The molecule has 0 saturated carbocycles. The fourth-order valence-corrected chi connectivity index (χ4v) is 0.433. The molecule has 0 atom stereocenters. The Morgan fingerprint density at radius 3 is 2.70 bits per heavy atom. The number of aliphatic imine (C=N–C) groups is 2. The van der Waals surface area contributed by atoms with E-state index in [0.717, 1.165) is 0 Å². The van der Waals surface area contributed by atoms with Crippen molar-refractivity contribution < 1.29 is 0 Å². The molecule has 0 aromatic carbocycles. The second-order valence-corrected chi connectivity index (χ2v) is 1.77. The summed E-state index contributed by atoms with van der Waals surface area (Å²) in [6, 6.07) is 0. The van der Waals surface area contributed by atoms with Crippen LogP contribution in [-0.4, -0.2) is 19.6 Å². The van der Waals surface area contributed by atoms with Crippen LogP contribution in [0, 0.1) is 0 Å². The van der Waals surface area contributed by atoms with E-state index in [-0.39, 0.29) is 5.16 Å². The van der Waals surface area contributed by atoms with Gasteiger partial charge in [-0.05, 0) is 6.72 Å². The molecule has 3 N–H and O–H groups in total. The SMILES string of the molecule is C=N/C(Cl)=C\C(=N/C)NN. The van der Waals surface area contributed by atoms with Gasteiger partial charge in [0, 0.05) is 13.1 Å². The Morgan fingerprint density at radius 2 is 2.40 bits per heavy atom. The van der Waals surface area contributed by atoms with E-state index in [1.807, 2.05) is 0 Å². The third-order valence-corrected chi connectivity index (χ3v) is 1.02. The summed E-state index contributed by atoms with van der Waals surface area (Å²) in [5, 5.41) is 0.249. The van der Waals surface area contributed by atoms with Crippen molar-refractivity contribution in [3.63, 3.8) is 0 Å². The van der Waals surface area contributed by atoms with Crippen LogP contribution < -0.4 is 11.3 Å². The predicted molar refractivity (Wildman–Crippen MR) is 44.2 cm³/mol. The number of nitrogens with zero attached hydrogens (tertiary/aromatic N) is 2. The number of hydrazine groups is 1. The van der Waals surface area contributed by atoms with Crippen molar-refractivity contribution in [3.05, 3.63) is 11.2 Å². The fourth-order valence-electron chi connectivity index (χ4n) is 0.329. The van der Waals surface area contributed by atoms with Crippen molar-refractivity contribution in [1.29, 1.82) is 0 Å². The van der Waals surface area contributed by atoms with Crippen LogP contribution in [0.2, 0.25) is 0 Å². The molecule has 0 amide bonds. The summed E-state index contributed by atoms with van der Waals surface area (Å²) in [4.78, 5) is 7.15. The molecule has 0 unspecified atom stereocenters. The number of amidine groups is 1. The first-order chi connectivity index (χ1) is 4.74. The minimum Gasteiger partial charge on any atom is -0.309 e. The minimum atomic E-state index is 0.249. The average Bonchev–Trinajstić information content (AvgIpc) is 1.99. The molecule has 0 radical (unpaired) electrons. The fraction of sp³-hybridized carbons (Fsp3) is 0.200. The second kappa shape index (κ2) is 4.96. The highest BCUT2D eigenvalue weighted by molar-refractivity contribution is 6.31. The monoisotopic (exact) mass is 160 g/mol. The zero-order chi connectivity index (χ0) is 7.98. The molecule has 0 spiro atoms. The van der Waals surface area contributed by atoms with Gasteiger partial charge < -0.3 is 5.43 Å². The predicted octanol–water partition coefficient (Wildman–Crippen LogP) is 0.259. The van der Waals surface area contributed by atoms with Crippen molar-refractivity contribution >= 4 is 24.2 Å². The lowest BCUT2D eigenvalue weighted by Crippen LogP contribution is -2.28. The lowest BCUT2D eigenvalue weighted by atomic mass is 10.5. The molecule has 0 heterocycles. The topological polar surface area (TPSA) is 62.8 Å². The Hall–Kier alpha value is -0.870. The summed E-state index contributed by atoms with van der Waals surface area (Å²) in [5.41, 5.74) is 2.32. The van der Waals surface area contributed by atoms with Crippen LogP contribution in [0.25, 0.3) is 0 Å². The van der Waals surface area contributed by atoms with Gasteiger partial charge in [-0.1, -0.05) is 11.6 Å². The van der Waals surface area contributed by atoms with Crippen molar-refractivity contribution in [2.75, 3.05) is 7.05 Å². The molecule has 0 aromatic heterocycles. The second-order valence-electron chi connectivity index (χ2n) is 1.38. The maximum absolute atomic E-state index is 5.47. The quantitative estimate of drug-likeness (QED) is 0.200. The third kappa shape index (κ3) is 3.21. The van der Waals surface area contributed by atoms with E-state index in [9.17, 15) is 0 Å². The highest BCUT2D eigenvalue weighted by Gasteiger charge is 1.89. The van der Waals surface area contributed by atoms with Gasteiger partial charge >= 0.3 is 0 Å². The first-order valence-corrected chi connectivity index (χ1v) is 2.89. The molecule has 0 rings (SSSR count). The molecular formula is C5H9ClN4. The molecule has 10 heavy (non-hydrogen) atoms. The van der Waals surface area contributed by atoms with Gasteiger partial charge in [0.05, 0.1) is 0 Å². The molecule has 0 aliphatic carbocycles. The first-order valence-electron chi connectivity index (χ1n) is 2.52. The molecule has 0 aliphatic heterocycles. The zero-order valence-electron chi connectivity index (χ0n) is 5.63. The molecule has 4 nitrogen and oxygen atoms in total. The van der Waals surface area contributed by atoms with E-state index in [0.29, 0.717) is 5.84 Å². The number of halogens is 1. The summed E-state index contributed by atoms with van der Waals surface area (Å²) < 4.78 is 0. The lowest BCUT2D eigenvalue weighted by Gasteiger charge is -1.95. The van der Waals surface area contributed by atoms with Gasteiger partial charge in [-0.3, -0.25) is 9.98 Å². The minimum absolute atomic E-state index is 0.249. The van der Waals surface area contributed by atoms with Crippen LogP contribution in [0.15, 0.2) is 21.2 Å². The molecule has 0 aromatic rings. The summed E-state index contributed by atoms with van der Waals surface area (Å²) in [6.07, 6.45) is 1.47. The summed E-state index contributed by atoms with van der Waals surface area (Å²) in [7, 11) is 1.58. The maximum atomic E-state index is 5.47. The van der Waals surface area contributed by atoms with Crippen LogP contribution in [0.5, 0.6) is 0 Å². The van der Waals surface area contributed by atoms with Crippen LogP contribution in [0.1, 0.15) is 0 Å². The molecule has 0 fully saturated rings. The molecule has 0 bridgehead atoms. The van der Waals surface area contributed by atoms with E-state index in [2.05, 4.69) is 22.1 Å². The first kappa shape index (κ1) is 9.13. The summed E-state index contributed by atoms with van der Waals surface area (Å²) in [6.45, 7) is 3.21. The summed E-state index contributed by atoms with van der Waals surface area (Å²) in [5.74, 6) is 5.50. The Morgan fingerprint density at radius 1 is 1.80 bits per heavy atom. The molecule has 56 valence electrons.